The van der Waals surface area contributed by atoms with E-state index in [1.165, 1.54) is 44.9 Å². The quantitative estimate of drug-likeness (QED) is 0.248. The van der Waals surface area contributed by atoms with Crippen LogP contribution in [0.3, 0.4) is 0 Å². The summed E-state index contributed by atoms with van der Waals surface area (Å²) in [7, 11) is 2.19. The number of rotatable bonds is 14. The maximum absolute atomic E-state index is 11.7. The Morgan fingerprint density at radius 1 is 1.00 bits per heavy atom. The van der Waals surface area contributed by atoms with Crippen molar-refractivity contribution in [2.75, 3.05) is 6.61 Å². The molecule has 3 unspecified atom stereocenters. The van der Waals surface area contributed by atoms with E-state index in [0.29, 0.717) is 18.9 Å². The van der Waals surface area contributed by atoms with Crippen LogP contribution in [0.25, 0.3) is 0 Å². The summed E-state index contributed by atoms with van der Waals surface area (Å²) in [6.45, 7) is 6.88. The zero-order valence-corrected chi connectivity index (χ0v) is 15.4. The Morgan fingerprint density at radius 3 is 2.29 bits per heavy atom. The summed E-state index contributed by atoms with van der Waals surface area (Å²) in [4.78, 5) is 11.7. The molecule has 0 rings (SSSR count). The Hall–Kier alpha value is -0.140. The van der Waals surface area contributed by atoms with Gasteiger partial charge in [-0.3, -0.25) is 4.79 Å². The molecule has 0 bridgehead atoms. The van der Waals surface area contributed by atoms with Gasteiger partial charge in [-0.15, -0.1) is 0 Å². The van der Waals surface area contributed by atoms with Gasteiger partial charge in [0.15, 0.2) is 0 Å². The van der Waals surface area contributed by atoms with Crippen molar-refractivity contribution in [3.63, 3.8) is 0 Å². The van der Waals surface area contributed by atoms with E-state index in [2.05, 4.69) is 23.3 Å². The van der Waals surface area contributed by atoms with Gasteiger partial charge in [-0.1, -0.05) is 58.8 Å². The van der Waals surface area contributed by atoms with E-state index in [4.69, 9.17) is 9.26 Å². The summed E-state index contributed by atoms with van der Waals surface area (Å²) in [6, 6.07) is 0. The smallest absolute Gasteiger partial charge is 0.308 e. The Balaban J connectivity index is 3.77. The predicted octanol–water partition coefficient (Wildman–Crippen LogP) is 5.28. The summed E-state index contributed by atoms with van der Waals surface area (Å²) >= 11 is 0. The van der Waals surface area contributed by atoms with Gasteiger partial charge >= 0.3 is 5.97 Å². The fourth-order valence-electron chi connectivity index (χ4n) is 2.49. The van der Waals surface area contributed by atoms with Crippen LogP contribution in [-0.2, 0) is 14.1 Å². The molecule has 21 heavy (non-hydrogen) atoms. The molecule has 0 aliphatic carbocycles. The first kappa shape index (κ1) is 20.9. The summed E-state index contributed by atoms with van der Waals surface area (Å²) in [6.07, 6.45) is 11.7. The number of esters is 1. The lowest BCUT2D eigenvalue weighted by atomic mass is 9.97. The van der Waals surface area contributed by atoms with Crippen LogP contribution < -0.4 is 0 Å². The lowest BCUT2D eigenvalue weighted by Crippen LogP contribution is -2.18. The first-order valence-electron chi connectivity index (χ1n) is 8.65. The molecule has 0 radical (unpaired) electrons. The molecule has 3 nitrogen and oxygen atoms in total. The number of carbonyl (C=O) groups excluding carboxylic acids is 1. The number of hydrogen-bond acceptors (Lipinski definition) is 3. The van der Waals surface area contributed by atoms with Crippen molar-refractivity contribution in [1.29, 1.82) is 0 Å². The van der Waals surface area contributed by atoms with Gasteiger partial charge in [0.1, 0.15) is 0 Å². The predicted molar refractivity (Wildman–Crippen MR) is 92.2 cm³/mol. The van der Waals surface area contributed by atoms with Crippen molar-refractivity contribution < 1.29 is 14.1 Å². The largest absolute Gasteiger partial charge is 0.465 e. The highest BCUT2D eigenvalue weighted by atomic mass is 31.0. The van der Waals surface area contributed by atoms with Crippen molar-refractivity contribution in [2.45, 2.75) is 91.1 Å². The van der Waals surface area contributed by atoms with Crippen LogP contribution >= 0.6 is 9.47 Å². The second-order valence-corrected chi connectivity index (χ2v) is 6.32. The molecule has 0 spiro atoms. The summed E-state index contributed by atoms with van der Waals surface area (Å²) in [5.74, 6) is 0.381. The van der Waals surface area contributed by atoms with E-state index in [1.54, 1.807) is 0 Å². The maximum atomic E-state index is 11.7. The van der Waals surface area contributed by atoms with Gasteiger partial charge < -0.3 is 9.26 Å². The minimum Gasteiger partial charge on any atom is -0.465 e. The van der Waals surface area contributed by atoms with Gasteiger partial charge in [0.05, 0.1) is 19.1 Å². The highest BCUT2D eigenvalue weighted by Gasteiger charge is 2.13. The van der Waals surface area contributed by atoms with Crippen LogP contribution in [0.1, 0.15) is 85.0 Å². The fourth-order valence-corrected chi connectivity index (χ4v) is 2.58. The Morgan fingerprint density at radius 2 is 1.67 bits per heavy atom. The van der Waals surface area contributed by atoms with Crippen LogP contribution in [0, 0.1) is 5.92 Å². The zero-order chi connectivity index (χ0) is 15.9. The SMILES string of the molecule is CCCCCCCCC(CCC)COC(=O)CC(C)OP. The zero-order valence-electron chi connectivity index (χ0n) is 14.2. The lowest BCUT2D eigenvalue weighted by molar-refractivity contribution is -0.146. The van der Waals surface area contributed by atoms with E-state index in [9.17, 15) is 4.79 Å². The average Bonchev–Trinajstić information content (AvgIpc) is 2.48. The van der Waals surface area contributed by atoms with Gasteiger partial charge in [-0.05, 0) is 25.7 Å². The Bertz CT molecular complexity index is 246. The molecule has 0 fully saturated rings. The Kier molecular flexibility index (Phi) is 14.7. The third-order valence-electron chi connectivity index (χ3n) is 3.83. The second-order valence-electron chi connectivity index (χ2n) is 6.04. The van der Waals surface area contributed by atoms with Crippen LogP contribution in [0.15, 0.2) is 0 Å². The van der Waals surface area contributed by atoms with Gasteiger partial charge in [0.25, 0.3) is 0 Å². The van der Waals surface area contributed by atoms with Crippen LogP contribution in [0.4, 0.5) is 0 Å². The molecule has 3 atom stereocenters. The molecule has 0 heterocycles. The van der Waals surface area contributed by atoms with Crippen LogP contribution in [-0.4, -0.2) is 18.7 Å². The number of hydrogen-bond donors (Lipinski definition) is 0. The molecule has 0 amide bonds. The van der Waals surface area contributed by atoms with Crippen molar-refractivity contribution in [3.05, 3.63) is 0 Å². The molecular weight excluding hydrogens is 283 g/mol. The lowest BCUT2D eigenvalue weighted by Gasteiger charge is -2.17. The molecule has 0 N–H and O–H groups in total. The Labute approximate surface area is 133 Å². The molecular formula is C17H35O3P. The average molecular weight is 318 g/mol. The van der Waals surface area contributed by atoms with Gasteiger partial charge in [-0.25, -0.2) is 0 Å². The topological polar surface area (TPSA) is 35.5 Å². The van der Waals surface area contributed by atoms with Gasteiger partial charge in [-0.2, -0.15) is 0 Å². The maximum Gasteiger partial charge on any atom is 0.308 e. The van der Waals surface area contributed by atoms with Gasteiger partial charge in [0, 0.05) is 9.47 Å². The minimum absolute atomic E-state index is 0.0920. The molecule has 126 valence electrons. The van der Waals surface area contributed by atoms with E-state index >= 15 is 0 Å². The van der Waals surface area contributed by atoms with Crippen molar-refractivity contribution >= 4 is 15.4 Å². The van der Waals surface area contributed by atoms with E-state index < -0.39 is 0 Å². The van der Waals surface area contributed by atoms with Crippen molar-refractivity contribution in [3.8, 4) is 0 Å². The summed E-state index contributed by atoms with van der Waals surface area (Å²) in [5, 5.41) is 0. The van der Waals surface area contributed by atoms with E-state index in [1.807, 2.05) is 6.92 Å². The first-order valence-corrected chi connectivity index (χ1v) is 9.12. The van der Waals surface area contributed by atoms with Crippen molar-refractivity contribution in [1.82, 2.24) is 0 Å². The van der Waals surface area contributed by atoms with Gasteiger partial charge in [0.2, 0.25) is 0 Å². The van der Waals surface area contributed by atoms with E-state index in [0.717, 1.165) is 12.8 Å². The molecule has 0 aromatic carbocycles. The molecule has 0 aromatic heterocycles. The summed E-state index contributed by atoms with van der Waals surface area (Å²) < 4.78 is 10.4. The monoisotopic (exact) mass is 318 g/mol. The molecule has 0 saturated heterocycles. The van der Waals surface area contributed by atoms with E-state index in [-0.39, 0.29) is 12.1 Å². The third kappa shape index (κ3) is 13.3. The highest BCUT2D eigenvalue weighted by Crippen LogP contribution is 2.18. The standard InChI is InChI=1S/C17H35O3P/c1-4-6-7-8-9-10-12-16(11-5-2)14-19-17(18)13-15(3)20-21/h15-16H,4-14,21H2,1-3H3. The van der Waals surface area contributed by atoms with Crippen LogP contribution in [0.5, 0.6) is 0 Å². The molecule has 4 heteroatoms. The third-order valence-corrected chi connectivity index (χ3v) is 4.29. The molecule has 0 aromatic rings. The molecule has 0 saturated carbocycles. The number of carbonyl (C=O) groups is 1. The highest BCUT2D eigenvalue weighted by molar-refractivity contribution is 7.09. The van der Waals surface area contributed by atoms with Crippen molar-refractivity contribution in [2.24, 2.45) is 5.92 Å². The van der Waals surface area contributed by atoms with Crippen LogP contribution in [0.2, 0.25) is 0 Å². The number of ether oxygens (including phenoxy) is 1. The summed E-state index contributed by atoms with van der Waals surface area (Å²) in [5.41, 5.74) is 0. The minimum atomic E-state index is -0.144. The fraction of sp³-hybridized carbons (Fsp3) is 0.941. The molecule has 0 aliphatic heterocycles. The normalized spacial score (nSPS) is 13.9. The number of unbranched alkanes of at least 4 members (excludes halogenated alkanes) is 5. The first-order chi connectivity index (χ1) is 10.1. The second kappa shape index (κ2) is 14.8. The molecule has 0 aliphatic rings.